The predicted molar refractivity (Wildman–Crippen MR) is 108 cm³/mol. The van der Waals surface area contributed by atoms with E-state index in [0.717, 1.165) is 6.42 Å². The molecular weight excluding hydrogens is 412 g/mol. The predicted octanol–water partition coefficient (Wildman–Crippen LogP) is -3.95. The number of carboxylic acid groups (broad SMARTS) is 1. The van der Waals surface area contributed by atoms with Gasteiger partial charge < -0.3 is 43.2 Å². The van der Waals surface area contributed by atoms with Crippen molar-refractivity contribution in [2.45, 2.75) is 50.2 Å². The normalized spacial score (nSPS) is 17.1. The third-order valence-electron chi connectivity index (χ3n) is 4.46. The second-order valence-electron chi connectivity index (χ2n) is 7.04. The quantitative estimate of drug-likeness (QED) is 0.0766. The highest BCUT2D eigenvalue weighted by molar-refractivity contribution is 5.95. The van der Waals surface area contributed by atoms with Gasteiger partial charge in [-0.2, -0.15) is 0 Å². The lowest BCUT2D eigenvalue weighted by Gasteiger charge is -2.21. The zero-order valence-electron chi connectivity index (χ0n) is 17.0. The van der Waals surface area contributed by atoms with Gasteiger partial charge in [-0.25, -0.2) is 4.79 Å². The molecule has 0 aliphatic carbocycles. The van der Waals surface area contributed by atoms with E-state index >= 15 is 0 Å². The zero-order valence-corrected chi connectivity index (χ0v) is 17.0. The van der Waals surface area contributed by atoms with E-state index in [2.05, 4.69) is 26.6 Å². The molecule has 1 heterocycles. The van der Waals surface area contributed by atoms with Crippen molar-refractivity contribution in [3.8, 4) is 0 Å². The first-order chi connectivity index (χ1) is 14.6. The lowest BCUT2D eigenvalue weighted by atomic mass is 10.1. The number of rotatable bonds is 13. The summed E-state index contributed by atoms with van der Waals surface area (Å²) in [5.41, 5.74) is 10.3. The standard InChI is InChI=1S/C17H30N8O6/c18-12(26)7-11(24-13(27)8-23-14(28)9-3-1-5-21-9)15(29)25-10(16(30)31)4-2-6-22-17(19)20/h9-11,21H,1-8H2,(H2,18,26)(H,23,28)(H,24,27)(H,25,29)(H,30,31)(H4,19,20,22)/t9-,10-,11-/m0/s1. The van der Waals surface area contributed by atoms with Crippen molar-refractivity contribution in [2.75, 3.05) is 19.6 Å². The number of nitrogens with one attached hydrogen (secondary N) is 6. The smallest absolute Gasteiger partial charge is 0.326 e. The zero-order chi connectivity index (χ0) is 23.4. The Morgan fingerprint density at radius 1 is 1.10 bits per heavy atom. The van der Waals surface area contributed by atoms with Crippen molar-refractivity contribution in [1.29, 1.82) is 5.41 Å². The van der Waals surface area contributed by atoms with Crippen LogP contribution in [-0.2, 0) is 24.0 Å². The van der Waals surface area contributed by atoms with Gasteiger partial charge in [-0.3, -0.25) is 24.6 Å². The Morgan fingerprint density at radius 3 is 2.35 bits per heavy atom. The van der Waals surface area contributed by atoms with Crippen LogP contribution in [0.5, 0.6) is 0 Å². The SMILES string of the molecule is N=C(N)NCCC[C@H](NC(=O)[C@H](CC(N)=O)NC(=O)CNC(=O)[C@@H]1CCCN1)C(=O)O. The summed E-state index contributed by atoms with van der Waals surface area (Å²) in [5.74, 6) is -4.44. The van der Waals surface area contributed by atoms with E-state index in [1.165, 1.54) is 0 Å². The Labute approximate surface area is 178 Å². The summed E-state index contributed by atoms with van der Waals surface area (Å²) in [7, 11) is 0. The van der Waals surface area contributed by atoms with Gasteiger partial charge in [-0.15, -0.1) is 0 Å². The average molecular weight is 442 g/mol. The molecule has 11 N–H and O–H groups in total. The lowest BCUT2D eigenvalue weighted by Crippen LogP contribution is -2.54. The highest BCUT2D eigenvalue weighted by Gasteiger charge is 2.28. The number of nitrogens with two attached hydrogens (primary N) is 2. The molecule has 0 bridgehead atoms. The molecule has 14 nitrogen and oxygen atoms in total. The number of carbonyl (C=O) groups excluding carboxylic acids is 4. The summed E-state index contributed by atoms with van der Waals surface area (Å²) < 4.78 is 0. The first-order valence-electron chi connectivity index (χ1n) is 9.80. The molecule has 1 aliphatic heterocycles. The number of primary amides is 1. The second-order valence-corrected chi connectivity index (χ2v) is 7.04. The summed E-state index contributed by atoms with van der Waals surface area (Å²) in [5, 5.41) is 28.8. The van der Waals surface area contributed by atoms with Crippen LogP contribution in [0.3, 0.4) is 0 Å². The Bertz CT molecular complexity index is 694. The molecule has 0 unspecified atom stereocenters. The molecule has 0 aromatic rings. The van der Waals surface area contributed by atoms with E-state index in [0.29, 0.717) is 13.0 Å². The minimum atomic E-state index is -1.40. The summed E-state index contributed by atoms with van der Waals surface area (Å²) in [4.78, 5) is 59.2. The number of aliphatic carboxylic acids is 1. The largest absolute Gasteiger partial charge is 0.480 e. The maximum Gasteiger partial charge on any atom is 0.326 e. The molecule has 174 valence electrons. The number of carboxylic acids is 1. The van der Waals surface area contributed by atoms with Gasteiger partial charge in [0.15, 0.2) is 5.96 Å². The van der Waals surface area contributed by atoms with Crippen LogP contribution in [0.4, 0.5) is 0 Å². The molecule has 0 spiro atoms. The molecule has 4 amide bonds. The van der Waals surface area contributed by atoms with E-state index in [1.807, 2.05) is 0 Å². The van der Waals surface area contributed by atoms with Crippen molar-refractivity contribution in [3.63, 3.8) is 0 Å². The van der Waals surface area contributed by atoms with Crippen LogP contribution in [0.1, 0.15) is 32.1 Å². The average Bonchev–Trinajstić information content (AvgIpc) is 3.22. The minimum absolute atomic E-state index is 0.0169. The van der Waals surface area contributed by atoms with Crippen molar-refractivity contribution in [1.82, 2.24) is 26.6 Å². The maximum absolute atomic E-state index is 12.5. The molecule has 0 aromatic carbocycles. The number of hydrogen-bond acceptors (Lipinski definition) is 7. The fraction of sp³-hybridized carbons (Fsp3) is 0.647. The van der Waals surface area contributed by atoms with E-state index < -0.39 is 48.7 Å². The molecule has 0 saturated carbocycles. The number of carbonyl (C=O) groups is 5. The fourth-order valence-electron chi connectivity index (χ4n) is 2.91. The second kappa shape index (κ2) is 13.0. The minimum Gasteiger partial charge on any atom is -0.480 e. The van der Waals surface area contributed by atoms with Gasteiger partial charge in [-0.1, -0.05) is 0 Å². The highest BCUT2D eigenvalue weighted by Crippen LogP contribution is 2.04. The van der Waals surface area contributed by atoms with E-state index in [-0.39, 0.29) is 37.3 Å². The van der Waals surface area contributed by atoms with Gasteiger partial charge in [0, 0.05) is 6.54 Å². The van der Waals surface area contributed by atoms with Crippen LogP contribution in [0.15, 0.2) is 0 Å². The summed E-state index contributed by atoms with van der Waals surface area (Å²) >= 11 is 0. The highest BCUT2D eigenvalue weighted by atomic mass is 16.4. The molecule has 1 aliphatic rings. The molecule has 1 saturated heterocycles. The van der Waals surface area contributed by atoms with Crippen LogP contribution in [0.25, 0.3) is 0 Å². The topological polar surface area (TPSA) is 242 Å². The van der Waals surface area contributed by atoms with E-state index in [9.17, 15) is 29.1 Å². The third-order valence-corrected chi connectivity index (χ3v) is 4.46. The lowest BCUT2D eigenvalue weighted by molar-refractivity contribution is -0.142. The Balaban J connectivity index is 2.59. The number of amides is 4. The van der Waals surface area contributed by atoms with E-state index in [1.54, 1.807) is 0 Å². The Hall–Kier alpha value is -3.42. The summed E-state index contributed by atoms with van der Waals surface area (Å²) in [6, 6.07) is -3.07. The molecule has 0 aromatic heterocycles. The van der Waals surface area contributed by atoms with Crippen molar-refractivity contribution in [2.24, 2.45) is 11.5 Å². The Kier molecular flexibility index (Phi) is 10.7. The van der Waals surface area contributed by atoms with E-state index in [4.69, 9.17) is 16.9 Å². The van der Waals surface area contributed by atoms with Crippen LogP contribution < -0.4 is 38.1 Å². The van der Waals surface area contributed by atoms with Crippen molar-refractivity contribution >= 4 is 35.6 Å². The molecule has 14 heteroatoms. The van der Waals surface area contributed by atoms with Crippen molar-refractivity contribution < 1.29 is 29.1 Å². The first kappa shape index (κ1) is 25.6. The monoisotopic (exact) mass is 442 g/mol. The fourth-order valence-corrected chi connectivity index (χ4v) is 2.91. The van der Waals surface area contributed by atoms with Gasteiger partial charge in [-0.05, 0) is 32.2 Å². The first-order valence-corrected chi connectivity index (χ1v) is 9.80. The molecule has 31 heavy (non-hydrogen) atoms. The van der Waals surface area contributed by atoms with Gasteiger partial charge >= 0.3 is 5.97 Å². The summed E-state index contributed by atoms with van der Waals surface area (Å²) in [6.45, 7) is 0.519. The molecular formula is C17H30N8O6. The maximum atomic E-state index is 12.5. The molecule has 1 rings (SSSR count). The van der Waals surface area contributed by atoms with Crippen LogP contribution in [0, 0.1) is 5.41 Å². The molecule has 1 fully saturated rings. The van der Waals surface area contributed by atoms with Gasteiger partial charge in [0.2, 0.25) is 23.6 Å². The van der Waals surface area contributed by atoms with Gasteiger partial charge in [0.25, 0.3) is 0 Å². The van der Waals surface area contributed by atoms with Crippen molar-refractivity contribution in [3.05, 3.63) is 0 Å². The van der Waals surface area contributed by atoms with Crippen LogP contribution in [0.2, 0.25) is 0 Å². The van der Waals surface area contributed by atoms with Gasteiger partial charge in [0.1, 0.15) is 12.1 Å². The number of guanidine groups is 1. The molecule has 3 atom stereocenters. The third kappa shape index (κ3) is 10.3. The number of hydrogen-bond donors (Lipinski definition) is 9. The van der Waals surface area contributed by atoms with Crippen LogP contribution >= 0.6 is 0 Å². The van der Waals surface area contributed by atoms with Gasteiger partial charge in [0.05, 0.1) is 19.0 Å². The molecule has 0 radical (unpaired) electrons. The summed E-state index contributed by atoms with van der Waals surface area (Å²) in [6.07, 6.45) is 1.25. The Morgan fingerprint density at radius 2 is 1.81 bits per heavy atom. The van der Waals surface area contributed by atoms with Crippen LogP contribution in [-0.4, -0.2) is 78.4 Å².